The fourth-order valence-corrected chi connectivity index (χ4v) is 2.06. The van der Waals surface area contributed by atoms with Crippen LogP contribution in [0.3, 0.4) is 0 Å². The van der Waals surface area contributed by atoms with Crippen LogP contribution in [0.2, 0.25) is 0 Å². The molecule has 2 nitrogen and oxygen atoms in total. The van der Waals surface area contributed by atoms with Crippen LogP contribution in [0.5, 0.6) is 5.75 Å². The van der Waals surface area contributed by atoms with Crippen LogP contribution in [0.4, 0.5) is 0 Å². The average Bonchev–Trinajstić information content (AvgIpc) is 2.52. The van der Waals surface area contributed by atoms with E-state index in [1.54, 1.807) is 0 Å². The lowest BCUT2D eigenvalue weighted by molar-refractivity contribution is 0.107. The van der Waals surface area contributed by atoms with Gasteiger partial charge in [-0.3, -0.25) is 0 Å². The number of hydrogen-bond donors (Lipinski definition) is 0. The Kier molecular flexibility index (Phi) is 6.29. The first-order chi connectivity index (χ1) is 10.3. The molecule has 21 heavy (non-hydrogen) atoms. The smallest absolute Gasteiger partial charge is 0.119 e. The van der Waals surface area contributed by atoms with Crippen LogP contribution in [-0.4, -0.2) is 13.2 Å². The van der Waals surface area contributed by atoms with Crippen LogP contribution in [0, 0.1) is 0 Å². The van der Waals surface area contributed by atoms with Crippen LogP contribution in [0.15, 0.2) is 54.6 Å². The lowest BCUT2D eigenvalue weighted by atomic mass is 10.0. The molecule has 0 bridgehead atoms. The molecule has 0 aliphatic heterocycles. The maximum Gasteiger partial charge on any atom is 0.119 e. The molecule has 112 valence electrons. The van der Waals surface area contributed by atoms with Gasteiger partial charge in [0, 0.05) is 6.42 Å². The molecular weight excluding hydrogens is 260 g/mol. The Hall–Kier alpha value is -1.80. The van der Waals surface area contributed by atoms with Crippen LogP contribution in [0.1, 0.15) is 37.3 Å². The van der Waals surface area contributed by atoms with Crippen LogP contribution in [0.25, 0.3) is 0 Å². The fourth-order valence-electron chi connectivity index (χ4n) is 2.06. The van der Waals surface area contributed by atoms with E-state index in [1.165, 1.54) is 11.1 Å². The van der Waals surface area contributed by atoms with Gasteiger partial charge in [-0.15, -0.1) is 0 Å². The topological polar surface area (TPSA) is 18.5 Å². The van der Waals surface area contributed by atoms with Crippen LogP contribution in [-0.2, 0) is 11.3 Å². The summed E-state index contributed by atoms with van der Waals surface area (Å²) in [5, 5.41) is 0. The summed E-state index contributed by atoms with van der Waals surface area (Å²) in [4.78, 5) is 0. The van der Waals surface area contributed by atoms with Gasteiger partial charge >= 0.3 is 0 Å². The summed E-state index contributed by atoms with van der Waals surface area (Å²) in [6.45, 7) is 6.47. The minimum absolute atomic E-state index is 0.561. The Labute approximate surface area is 127 Å². The third-order valence-corrected chi connectivity index (χ3v) is 3.36. The van der Waals surface area contributed by atoms with Gasteiger partial charge in [-0.05, 0) is 29.2 Å². The van der Waals surface area contributed by atoms with E-state index >= 15 is 0 Å². The van der Waals surface area contributed by atoms with E-state index in [1.807, 2.05) is 30.3 Å². The molecule has 2 rings (SSSR count). The van der Waals surface area contributed by atoms with Gasteiger partial charge in [-0.25, -0.2) is 0 Å². The Morgan fingerprint density at radius 1 is 0.857 bits per heavy atom. The number of benzene rings is 2. The second kappa shape index (κ2) is 8.48. The molecule has 0 amide bonds. The molecule has 0 spiro atoms. The largest absolute Gasteiger partial charge is 0.494 e. The van der Waals surface area contributed by atoms with Gasteiger partial charge in [0.15, 0.2) is 0 Å². The lowest BCUT2D eigenvalue weighted by Crippen LogP contribution is -2.03. The molecule has 2 aromatic rings. The van der Waals surface area contributed by atoms with Crippen molar-refractivity contribution in [1.29, 1.82) is 0 Å². The molecule has 2 aromatic carbocycles. The number of hydrogen-bond acceptors (Lipinski definition) is 2. The minimum atomic E-state index is 0.561. The van der Waals surface area contributed by atoms with E-state index in [9.17, 15) is 0 Å². The van der Waals surface area contributed by atoms with E-state index in [2.05, 4.69) is 38.1 Å². The highest BCUT2D eigenvalue weighted by Crippen LogP contribution is 2.18. The first-order valence-electron chi connectivity index (χ1n) is 7.60. The van der Waals surface area contributed by atoms with Crippen molar-refractivity contribution in [3.63, 3.8) is 0 Å². The number of rotatable bonds is 8. The molecule has 0 saturated carbocycles. The standard InChI is InChI=1S/C19H24O2/c1-16(2)18-9-11-19(12-10-18)21-14-6-13-20-15-17-7-4-3-5-8-17/h3-5,7-12,16H,6,13-15H2,1-2H3. The molecule has 0 atom stereocenters. The highest BCUT2D eigenvalue weighted by molar-refractivity contribution is 5.28. The third kappa shape index (κ3) is 5.60. The Balaban J connectivity index is 1.59. The van der Waals surface area contributed by atoms with E-state index in [4.69, 9.17) is 9.47 Å². The van der Waals surface area contributed by atoms with E-state index in [0.29, 0.717) is 19.1 Å². The van der Waals surface area contributed by atoms with Crippen LogP contribution >= 0.6 is 0 Å². The van der Waals surface area contributed by atoms with Gasteiger partial charge in [0.25, 0.3) is 0 Å². The first-order valence-corrected chi connectivity index (χ1v) is 7.60. The molecule has 2 heteroatoms. The van der Waals surface area contributed by atoms with Crippen molar-refractivity contribution in [2.75, 3.05) is 13.2 Å². The van der Waals surface area contributed by atoms with Gasteiger partial charge < -0.3 is 9.47 Å². The maximum atomic E-state index is 5.71. The summed E-state index contributed by atoms with van der Waals surface area (Å²) in [5.74, 6) is 1.49. The lowest BCUT2D eigenvalue weighted by Gasteiger charge is -2.09. The zero-order valence-corrected chi connectivity index (χ0v) is 12.9. The molecule has 0 aliphatic rings. The number of ether oxygens (including phenoxy) is 2. The van der Waals surface area contributed by atoms with E-state index < -0.39 is 0 Å². The summed E-state index contributed by atoms with van der Waals surface area (Å²) < 4.78 is 11.3. The van der Waals surface area contributed by atoms with Crippen LogP contribution < -0.4 is 4.74 Å². The van der Waals surface area contributed by atoms with Gasteiger partial charge in [0.05, 0.1) is 19.8 Å². The highest BCUT2D eigenvalue weighted by atomic mass is 16.5. The Morgan fingerprint density at radius 3 is 2.24 bits per heavy atom. The monoisotopic (exact) mass is 284 g/mol. The first kappa shape index (κ1) is 15.6. The van der Waals surface area contributed by atoms with Gasteiger partial charge in [0.2, 0.25) is 0 Å². The molecular formula is C19H24O2. The van der Waals surface area contributed by atoms with Crippen molar-refractivity contribution in [2.24, 2.45) is 0 Å². The van der Waals surface area contributed by atoms with Crippen molar-refractivity contribution in [3.8, 4) is 5.75 Å². The maximum absolute atomic E-state index is 5.71. The molecule has 0 unspecified atom stereocenters. The van der Waals surface area contributed by atoms with Crippen molar-refractivity contribution in [1.82, 2.24) is 0 Å². The molecule has 0 radical (unpaired) electrons. The van der Waals surface area contributed by atoms with E-state index in [0.717, 1.165) is 18.8 Å². The summed E-state index contributed by atoms with van der Waals surface area (Å²) in [5.41, 5.74) is 2.55. The quantitative estimate of drug-likeness (QED) is 0.648. The molecule has 0 saturated heterocycles. The Bertz CT molecular complexity index is 503. The fraction of sp³-hybridized carbons (Fsp3) is 0.368. The molecule has 0 fully saturated rings. The molecule has 0 heterocycles. The minimum Gasteiger partial charge on any atom is -0.494 e. The summed E-state index contributed by atoms with van der Waals surface area (Å²) in [6.07, 6.45) is 0.902. The predicted octanol–water partition coefficient (Wildman–Crippen LogP) is 4.80. The zero-order valence-electron chi connectivity index (χ0n) is 12.9. The summed E-state index contributed by atoms with van der Waals surface area (Å²) in [7, 11) is 0. The normalized spacial score (nSPS) is 10.8. The Morgan fingerprint density at radius 2 is 1.57 bits per heavy atom. The van der Waals surface area contributed by atoms with Crippen molar-refractivity contribution >= 4 is 0 Å². The summed E-state index contributed by atoms with van der Waals surface area (Å²) >= 11 is 0. The third-order valence-electron chi connectivity index (χ3n) is 3.36. The molecule has 0 N–H and O–H groups in total. The summed E-state index contributed by atoms with van der Waals surface area (Å²) in [6, 6.07) is 18.6. The van der Waals surface area contributed by atoms with E-state index in [-0.39, 0.29) is 0 Å². The highest BCUT2D eigenvalue weighted by Gasteiger charge is 1.99. The zero-order chi connectivity index (χ0) is 14.9. The SMILES string of the molecule is CC(C)c1ccc(OCCCOCc2ccccc2)cc1. The molecule has 0 aromatic heterocycles. The molecule has 0 aliphatic carbocycles. The predicted molar refractivity (Wildman–Crippen MR) is 86.7 cm³/mol. The second-order valence-electron chi connectivity index (χ2n) is 5.46. The van der Waals surface area contributed by atoms with Crippen molar-refractivity contribution in [2.45, 2.75) is 32.8 Å². The van der Waals surface area contributed by atoms with Gasteiger partial charge in [-0.1, -0.05) is 56.3 Å². The van der Waals surface area contributed by atoms with Crippen molar-refractivity contribution < 1.29 is 9.47 Å². The average molecular weight is 284 g/mol. The van der Waals surface area contributed by atoms with Crippen molar-refractivity contribution in [3.05, 3.63) is 65.7 Å². The van der Waals surface area contributed by atoms with Gasteiger partial charge in [-0.2, -0.15) is 0 Å². The van der Waals surface area contributed by atoms with Gasteiger partial charge in [0.1, 0.15) is 5.75 Å². The second-order valence-corrected chi connectivity index (χ2v) is 5.46.